The highest BCUT2D eigenvalue weighted by molar-refractivity contribution is 5.90. The van der Waals surface area contributed by atoms with Gasteiger partial charge in [-0.3, -0.25) is 4.79 Å². The molecule has 1 aromatic carbocycles. The van der Waals surface area contributed by atoms with Gasteiger partial charge in [0.25, 0.3) is 0 Å². The normalized spacial score (nSPS) is 14.2. The molecule has 0 radical (unpaired) electrons. The Hall–Kier alpha value is -2.91. The predicted molar refractivity (Wildman–Crippen MR) is 109 cm³/mol. The van der Waals surface area contributed by atoms with E-state index in [1.165, 1.54) is 12.1 Å². The molecule has 2 aromatic rings. The number of aryl methyl sites for hydroxylation is 1. The summed E-state index contributed by atoms with van der Waals surface area (Å²) in [6, 6.07) is 4.46. The maximum absolute atomic E-state index is 14.7. The first kappa shape index (κ1) is 23.7. The number of pyridine rings is 1. The summed E-state index contributed by atoms with van der Waals surface area (Å²) in [5.74, 6) is -3.23. The summed E-state index contributed by atoms with van der Waals surface area (Å²) in [5.41, 5.74) is 1.22. The van der Waals surface area contributed by atoms with Gasteiger partial charge < -0.3 is 15.0 Å². The number of carbonyl (C=O) groups excluding carboxylic acids is 1. The van der Waals surface area contributed by atoms with Gasteiger partial charge >= 0.3 is 6.36 Å². The van der Waals surface area contributed by atoms with Crippen molar-refractivity contribution in [2.24, 2.45) is 5.41 Å². The number of amides is 1. The monoisotopic (exact) mass is 457 g/mol. The number of halogens is 5. The molecule has 0 bridgehead atoms. The van der Waals surface area contributed by atoms with E-state index in [2.05, 4.69) is 15.0 Å². The van der Waals surface area contributed by atoms with E-state index < -0.39 is 23.7 Å². The third kappa shape index (κ3) is 6.30. The van der Waals surface area contributed by atoms with Crippen molar-refractivity contribution in [3.8, 4) is 5.75 Å². The van der Waals surface area contributed by atoms with Crippen molar-refractivity contribution in [1.82, 2.24) is 4.98 Å². The number of fused-ring (bicyclic) bond motifs is 1. The van der Waals surface area contributed by atoms with Crippen LogP contribution in [-0.4, -0.2) is 23.8 Å². The first-order valence-electron chi connectivity index (χ1n) is 10.1. The number of nitrogens with one attached hydrogen (secondary N) is 1. The standard InChI is InChI=1S/C22H24F5N3O2/c1-21(2,3)11-19(31)29-20-15(24)10-17-16(28-20)5-4-8-30(17)12-13-6-7-18(14(23)9-13)32-22(25,26)27/h6-7,9-10H,4-5,8,11-12H2,1-3H3,(H,28,29,31). The minimum absolute atomic E-state index is 0.139. The van der Waals surface area contributed by atoms with Gasteiger partial charge in [-0.25, -0.2) is 13.8 Å². The van der Waals surface area contributed by atoms with Crippen LogP contribution >= 0.6 is 0 Å². The van der Waals surface area contributed by atoms with Gasteiger partial charge in [0.2, 0.25) is 5.91 Å². The fourth-order valence-electron chi connectivity index (χ4n) is 3.51. The Kier molecular flexibility index (Phi) is 6.61. The maximum atomic E-state index is 14.7. The zero-order valence-corrected chi connectivity index (χ0v) is 17.9. The number of hydrogen-bond acceptors (Lipinski definition) is 4. The Morgan fingerprint density at radius 2 is 1.88 bits per heavy atom. The molecule has 32 heavy (non-hydrogen) atoms. The zero-order chi connectivity index (χ0) is 23.7. The first-order chi connectivity index (χ1) is 14.8. The zero-order valence-electron chi connectivity index (χ0n) is 17.9. The lowest BCUT2D eigenvalue weighted by molar-refractivity contribution is -0.275. The summed E-state index contributed by atoms with van der Waals surface area (Å²) in [6.45, 7) is 6.36. The number of rotatable bonds is 5. The topological polar surface area (TPSA) is 54.5 Å². The summed E-state index contributed by atoms with van der Waals surface area (Å²) < 4.78 is 69.3. The van der Waals surface area contributed by atoms with E-state index in [9.17, 15) is 26.7 Å². The molecule has 2 heterocycles. The van der Waals surface area contributed by atoms with Crippen LogP contribution in [0.1, 0.15) is 44.9 Å². The van der Waals surface area contributed by atoms with Crippen LogP contribution in [0, 0.1) is 17.0 Å². The number of alkyl halides is 3. The molecule has 0 fully saturated rings. The molecule has 5 nitrogen and oxygen atoms in total. The van der Waals surface area contributed by atoms with Crippen molar-refractivity contribution in [1.29, 1.82) is 0 Å². The summed E-state index contributed by atoms with van der Waals surface area (Å²) >= 11 is 0. The largest absolute Gasteiger partial charge is 0.573 e. The number of aromatic nitrogens is 1. The van der Waals surface area contributed by atoms with Gasteiger partial charge in [-0.05, 0) is 36.0 Å². The highest BCUT2D eigenvalue weighted by atomic mass is 19.4. The summed E-state index contributed by atoms with van der Waals surface area (Å²) in [6.07, 6.45) is -3.52. The molecule has 174 valence electrons. The lowest BCUT2D eigenvalue weighted by Gasteiger charge is -2.31. The highest BCUT2D eigenvalue weighted by Crippen LogP contribution is 2.32. The van der Waals surface area contributed by atoms with Gasteiger partial charge in [0.15, 0.2) is 23.2 Å². The van der Waals surface area contributed by atoms with E-state index in [-0.39, 0.29) is 30.1 Å². The van der Waals surface area contributed by atoms with E-state index in [4.69, 9.17) is 0 Å². The Balaban J connectivity index is 1.78. The molecule has 0 unspecified atom stereocenters. The average Bonchev–Trinajstić information content (AvgIpc) is 2.63. The van der Waals surface area contributed by atoms with Crippen molar-refractivity contribution >= 4 is 17.4 Å². The molecule has 1 N–H and O–H groups in total. The van der Waals surface area contributed by atoms with Crippen LogP contribution in [0.15, 0.2) is 24.3 Å². The van der Waals surface area contributed by atoms with E-state index in [1.807, 2.05) is 20.8 Å². The van der Waals surface area contributed by atoms with Gasteiger partial charge in [-0.2, -0.15) is 0 Å². The molecule has 1 aliphatic heterocycles. The van der Waals surface area contributed by atoms with Crippen molar-refractivity contribution in [2.75, 3.05) is 16.8 Å². The summed E-state index contributed by atoms with van der Waals surface area (Å²) in [5, 5.41) is 2.51. The SMILES string of the molecule is CC(C)(C)CC(=O)Nc1nc2c(cc1F)N(Cc1ccc(OC(F)(F)F)c(F)c1)CCC2. The number of nitrogens with zero attached hydrogens (tertiary/aromatic N) is 2. The average molecular weight is 457 g/mol. The number of ether oxygens (including phenoxy) is 1. The predicted octanol–water partition coefficient (Wildman–Crippen LogP) is 5.59. The van der Waals surface area contributed by atoms with Gasteiger partial charge in [0.05, 0.1) is 11.4 Å². The Labute approximate surface area is 182 Å². The van der Waals surface area contributed by atoms with Crippen molar-refractivity contribution < 1.29 is 31.5 Å². The van der Waals surface area contributed by atoms with Crippen LogP contribution < -0.4 is 15.0 Å². The maximum Gasteiger partial charge on any atom is 0.573 e. The molecular weight excluding hydrogens is 433 g/mol. The van der Waals surface area contributed by atoms with Crippen LogP contribution in [0.4, 0.5) is 33.5 Å². The van der Waals surface area contributed by atoms with E-state index in [0.29, 0.717) is 36.3 Å². The highest BCUT2D eigenvalue weighted by Gasteiger charge is 2.32. The molecule has 1 amide bonds. The minimum Gasteiger partial charge on any atom is -0.403 e. The van der Waals surface area contributed by atoms with Gasteiger partial charge in [-0.1, -0.05) is 26.8 Å². The second-order valence-electron chi connectivity index (χ2n) is 8.91. The van der Waals surface area contributed by atoms with Crippen molar-refractivity contribution in [3.05, 3.63) is 47.2 Å². The molecule has 1 aromatic heterocycles. The second kappa shape index (κ2) is 8.91. The molecular formula is C22H24F5N3O2. The fraction of sp³-hybridized carbons (Fsp3) is 0.455. The van der Waals surface area contributed by atoms with E-state index in [0.717, 1.165) is 12.1 Å². The number of benzene rings is 1. The number of carbonyl (C=O) groups is 1. The molecule has 1 aliphatic rings. The number of anilines is 2. The molecule has 0 saturated carbocycles. The fourth-order valence-corrected chi connectivity index (χ4v) is 3.51. The van der Waals surface area contributed by atoms with Crippen LogP contribution in [0.3, 0.4) is 0 Å². The molecule has 0 spiro atoms. The summed E-state index contributed by atoms with van der Waals surface area (Å²) in [7, 11) is 0. The van der Waals surface area contributed by atoms with Crippen molar-refractivity contribution in [3.63, 3.8) is 0 Å². The lowest BCUT2D eigenvalue weighted by atomic mass is 9.92. The van der Waals surface area contributed by atoms with E-state index in [1.54, 1.807) is 4.90 Å². The van der Waals surface area contributed by atoms with Crippen LogP contribution in [0.25, 0.3) is 0 Å². The van der Waals surface area contributed by atoms with Crippen LogP contribution in [0.2, 0.25) is 0 Å². The third-order valence-corrected chi connectivity index (χ3v) is 4.76. The van der Waals surface area contributed by atoms with Crippen LogP contribution in [-0.2, 0) is 17.8 Å². The first-order valence-corrected chi connectivity index (χ1v) is 10.1. The second-order valence-corrected chi connectivity index (χ2v) is 8.91. The number of hydrogen-bond donors (Lipinski definition) is 1. The third-order valence-electron chi connectivity index (χ3n) is 4.76. The quantitative estimate of drug-likeness (QED) is 0.595. The summed E-state index contributed by atoms with van der Waals surface area (Å²) in [4.78, 5) is 18.2. The molecule has 0 saturated heterocycles. The molecule has 0 atom stereocenters. The van der Waals surface area contributed by atoms with Crippen molar-refractivity contribution in [2.45, 2.75) is 52.9 Å². The lowest BCUT2D eigenvalue weighted by Crippen LogP contribution is -2.30. The smallest absolute Gasteiger partial charge is 0.403 e. The molecule has 10 heteroatoms. The Morgan fingerprint density at radius 1 is 1.16 bits per heavy atom. The Bertz CT molecular complexity index is 1000. The molecule has 0 aliphatic carbocycles. The Morgan fingerprint density at radius 3 is 2.50 bits per heavy atom. The van der Waals surface area contributed by atoms with Gasteiger partial charge in [0, 0.05) is 25.6 Å². The minimum atomic E-state index is -4.99. The van der Waals surface area contributed by atoms with Gasteiger partial charge in [-0.15, -0.1) is 13.2 Å². The van der Waals surface area contributed by atoms with Crippen LogP contribution in [0.5, 0.6) is 5.75 Å². The molecule has 3 rings (SSSR count). The van der Waals surface area contributed by atoms with E-state index >= 15 is 0 Å². The van der Waals surface area contributed by atoms with Gasteiger partial charge in [0.1, 0.15) is 0 Å².